The number of hydrogen-bond acceptors (Lipinski definition) is 6. The van der Waals surface area contributed by atoms with Gasteiger partial charge in [0.25, 0.3) is 11.5 Å². The summed E-state index contributed by atoms with van der Waals surface area (Å²) in [6.07, 6.45) is 10.5. The van der Waals surface area contributed by atoms with Gasteiger partial charge >= 0.3 is 0 Å². The van der Waals surface area contributed by atoms with E-state index < -0.39 is 0 Å². The molecule has 2 saturated heterocycles. The summed E-state index contributed by atoms with van der Waals surface area (Å²) in [4.78, 5) is 31.3. The molecular formula is C32H40N4O2S2. The van der Waals surface area contributed by atoms with Crippen molar-refractivity contribution < 1.29 is 4.79 Å². The number of pyridine rings is 1. The number of carbonyl (C=O) groups is 1. The molecule has 1 aromatic heterocycles. The molecule has 0 aliphatic carbocycles. The summed E-state index contributed by atoms with van der Waals surface area (Å²) in [6, 6.07) is 12.7. The Kier molecular flexibility index (Phi) is 10.6. The lowest BCUT2D eigenvalue weighted by molar-refractivity contribution is -0.122. The van der Waals surface area contributed by atoms with E-state index in [0.29, 0.717) is 33.8 Å². The highest BCUT2D eigenvalue weighted by atomic mass is 32.2. The first-order valence-electron chi connectivity index (χ1n) is 14.6. The fraction of sp³-hybridized carbons (Fsp3) is 0.500. The SMILES string of the molecule is CCCCCCCN1C(=O)C(=Cc2c(C)c(C#N)c(=O)n(CC)c2N2CCC(Cc3ccccc3)CC2)SC1=S. The highest BCUT2D eigenvalue weighted by Crippen LogP contribution is 2.37. The maximum atomic E-state index is 13.4. The summed E-state index contributed by atoms with van der Waals surface area (Å²) in [7, 11) is 0. The summed E-state index contributed by atoms with van der Waals surface area (Å²) in [5.41, 5.74) is 2.64. The third-order valence-electron chi connectivity index (χ3n) is 8.08. The van der Waals surface area contributed by atoms with E-state index in [-0.39, 0.29) is 17.0 Å². The van der Waals surface area contributed by atoms with Crippen LogP contribution in [0.3, 0.4) is 0 Å². The second kappa shape index (κ2) is 14.1. The molecule has 0 spiro atoms. The van der Waals surface area contributed by atoms with Gasteiger partial charge in [-0.25, -0.2) is 0 Å². The van der Waals surface area contributed by atoms with E-state index in [0.717, 1.165) is 56.6 Å². The van der Waals surface area contributed by atoms with Crippen LogP contribution < -0.4 is 10.5 Å². The Balaban J connectivity index is 1.62. The van der Waals surface area contributed by atoms with Crippen LogP contribution in [0.2, 0.25) is 0 Å². The number of hydrogen-bond donors (Lipinski definition) is 0. The highest BCUT2D eigenvalue weighted by Gasteiger charge is 2.33. The largest absolute Gasteiger partial charge is 0.357 e. The number of nitriles is 1. The van der Waals surface area contributed by atoms with Gasteiger partial charge < -0.3 is 4.90 Å². The number of unbranched alkanes of at least 4 members (excludes halogenated alkanes) is 4. The lowest BCUT2D eigenvalue weighted by Gasteiger charge is -2.36. The molecule has 0 N–H and O–H groups in total. The summed E-state index contributed by atoms with van der Waals surface area (Å²) in [6.45, 7) is 8.67. The van der Waals surface area contributed by atoms with Gasteiger partial charge in [-0.3, -0.25) is 19.1 Å². The number of thioether (sulfide) groups is 1. The lowest BCUT2D eigenvalue weighted by Crippen LogP contribution is -2.39. The van der Waals surface area contributed by atoms with Crippen LogP contribution in [0.1, 0.15) is 81.0 Å². The van der Waals surface area contributed by atoms with Crippen molar-refractivity contribution in [1.82, 2.24) is 9.47 Å². The second-order valence-corrected chi connectivity index (χ2v) is 12.4. The van der Waals surface area contributed by atoms with Gasteiger partial charge in [-0.2, -0.15) is 5.26 Å². The van der Waals surface area contributed by atoms with Crippen molar-refractivity contribution in [3.63, 3.8) is 0 Å². The molecule has 1 amide bonds. The Bertz CT molecular complexity index is 1350. The van der Waals surface area contributed by atoms with E-state index in [2.05, 4.69) is 42.2 Å². The molecule has 0 bridgehead atoms. The first kappa shape index (κ1) is 30.1. The van der Waals surface area contributed by atoms with E-state index in [4.69, 9.17) is 12.2 Å². The number of piperidine rings is 1. The number of amides is 1. The lowest BCUT2D eigenvalue weighted by atomic mass is 9.90. The number of thiocarbonyl (C=S) groups is 1. The Hall–Kier alpha value is -2.89. The quantitative estimate of drug-likeness (QED) is 0.169. The van der Waals surface area contributed by atoms with Crippen LogP contribution in [0.5, 0.6) is 0 Å². The molecule has 0 unspecified atom stereocenters. The molecule has 2 aliphatic rings. The number of rotatable bonds is 11. The van der Waals surface area contributed by atoms with Gasteiger partial charge in [-0.05, 0) is 62.7 Å². The predicted octanol–water partition coefficient (Wildman–Crippen LogP) is 6.68. The number of benzene rings is 1. The molecule has 40 heavy (non-hydrogen) atoms. The molecule has 2 fully saturated rings. The molecule has 2 aliphatic heterocycles. The molecule has 6 nitrogen and oxygen atoms in total. The van der Waals surface area contributed by atoms with Gasteiger partial charge in [0.1, 0.15) is 21.8 Å². The van der Waals surface area contributed by atoms with Crippen molar-refractivity contribution >= 4 is 46.1 Å². The van der Waals surface area contributed by atoms with Gasteiger partial charge in [0, 0.05) is 31.7 Å². The summed E-state index contributed by atoms with van der Waals surface area (Å²) < 4.78 is 2.29. The Morgan fingerprint density at radius 2 is 1.77 bits per heavy atom. The molecule has 3 heterocycles. The zero-order valence-corrected chi connectivity index (χ0v) is 25.6. The molecule has 0 saturated carbocycles. The first-order chi connectivity index (χ1) is 19.4. The van der Waals surface area contributed by atoms with Crippen LogP contribution >= 0.6 is 24.0 Å². The monoisotopic (exact) mass is 576 g/mol. The fourth-order valence-corrected chi connectivity index (χ4v) is 7.06. The fourth-order valence-electron chi connectivity index (χ4n) is 5.77. The predicted molar refractivity (Wildman–Crippen MR) is 170 cm³/mol. The topological polar surface area (TPSA) is 69.3 Å². The van der Waals surface area contributed by atoms with Crippen molar-refractivity contribution in [2.75, 3.05) is 24.5 Å². The minimum absolute atomic E-state index is 0.0785. The third kappa shape index (κ3) is 6.70. The minimum Gasteiger partial charge on any atom is -0.357 e. The van der Waals surface area contributed by atoms with Crippen molar-refractivity contribution in [2.24, 2.45) is 5.92 Å². The van der Waals surface area contributed by atoms with Crippen molar-refractivity contribution in [1.29, 1.82) is 5.26 Å². The molecule has 0 radical (unpaired) electrons. The normalized spacial score (nSPS) is 17.2. The van der Waals surface area contributed by atoms with Gasteiger partial charge in [0.2, 0.25) is 0 Å². The molecule has 2 aromatic rings. The van der Waals surface area contributed by atoms with E-state index in [1.165, 1.54) is 36.6 Å². The zero-order valence-electron chi connectivity index (χ0n) is 23.9. The molecule has 8 heteroatoms. The molecule has 4 rings (SSSR count). The average Bonchev–Trinajstić information content (AvgIpc) is 3.23. The zero-order chi connectivity index (χ0) is 28.6. The van der Waals surface area contributed by atoms with E-state index in [1.807, 2.05) is 26.0 Å². The van der Waals surface area contributed by atoms with Crippen LogP contribution in [0, 0.1) is 24.2 Å². The summed E-state index contributed by atoms with van der Waals surface area (Å²) in [5, 5.41) is 9.88. The van der Waals surface area contributed by atoms with E-state index in [9.17, 15) is 14.9 Å². The summed E-state index contributed by atoms with van der Waals surface area (Å²) >= 11 is 6.92. The Labute approximate surface area is 248 Å². The van der Waals surface area contributed by atoms with Crippen LogP contribution in [0.4, 0.5) is 5.82 Å². The molecule has 212 valence electrons. The van der Waals surface area contributed by atoms with E-state index >= 15 is 0 Å². The Morgan fingerprint density at radius 3 is 2.42 bits per heavy atom. The summed E-state index contributed by atoms with van der Waals surface area (Å²) in [5.74, 6) is 1.31. The number of anilines is 1. The second-order valence-electron chi connectivity index (χ2n) is 10.8. The van der Waals surface area contributed by atoms with Gasteiger partial charge in [-0.1, -0.05) is 86.9 Å². The molecule has 1 aromatic carbocycles. The first-order valence-corrected chi connectivity index (χ1v) is 15.8. The number of aromatic nitrogens is 1. The van der Waals surface area contributed by atoms with Crippen LogP contribution in [0.15, 0.2) is 40.0 Å². The highest BCUT2D eigenvalue weighted by molar-refractivity contribution is 8.26. The van der Waals surface area contributed by atoms with E-state index in [1.54, 1.807) is 9.47 Å². The van der Waals surface area contributed by atoms with Gasteiger partial charge in [0.05, 0.1) is 4.91 Å². The van der Waals surface area contributed by atoms with Gasteiger partial charge in [-0.15, -0.1) is 0 Å². The third-order valence-corrected chi connectivity index (χ3v) is 9.46. The number of carbonyl (C=O) groups excluding carboxylic acids is 1. The van der Waals surface area contributed by atoms with Crippen molar-refractivity contribution in [2.45, 2.75) is 78.7 Å². The number of nitrogens with zero attached hydrogens (tertiary/aromatic N) is 4. The average molecular weight is 577 g/mol. The van der Waals surface area contributed by atoms with Crippen LogP contribution in [-0.2, 0) is 17.8 Å². The Morgan fingerprint density at radius 1 is 1.07 bits per heavy atom. The van der Waals surface area contributed by atoms with Crippen LogP contribution in [0.25, 0.3) is 6.08 Å². The van der Waals surface area contributed by atoms with Crippen LogP contribution in [-0.4, -0.2) is 39.3 Å². The standard InChI is InChI=1S/C32H40N4O2S2/c1-4-6-7-8-12-17-36-31(38)28(40-32(36)39)21-26-23(3)27(22-33)30(37)35(5-2)29(26)34-18-15-25(16-19-34)20-24-13-10-9-11-14-24/h9-11,13-14,21,25H,4-8,12,15-20H2,1-3H3. The minimum atomic E-state index is -0.263. The smallest absolute Gasteiger partial charge is 0.270 e. The molecule has 0 atom stereocenters. The maximum absolute atomic E-state index is 13.4. The molecular weight excluding hydrogens is 537 g/mol. The van der Waals surface area contributed by atoms with Crippen molar-refractivity contribution in [3.05, 3.63) is 67.8 Å². The van der Waals surface area contributed by atoms with Crippen molar-refractivity contribution in [3.8, 4) is 6.07 Å². The van der Waals surface area contributed by atoms with Gasteiger partial charge in [0.15, 0.2) is 0 Å². The maximum Gasteiger partial charge on any atom is 0.270 e.